The zero-order valence-electron chi connectivity index (χ0n) is 12.4. The summed E-state index contributed by atoms with van der Waals surface area (Å²) in [6.07, 6.45) is 3.47. The van der Waals surface area contributed by atoms with Crippen LogP contribution < -0.4 is 15.8 Å². The lowest BCUT2D eigenvalue weighted by atomic mass is 9.78. The quantitative estimate of drug-likeness (QED) is 0.877. The Labute approximate surface area is 125 Å². The minimum atomic E-state index is -0.0372. The number of hydrogen-bond donors (Lipinski definition) is 2. The number of anilines is 1. The molecule has 2 fully saturated rings. The molecule has 1 aromatic rings. The number of carbonyl (C=O) groups is 1. The third-order valence-corrected chi connectivity index (χ3v) is 4.76. The first-order valence-electron chi connectivity index (χ1n) is 7.63. The summed E-state index contributed by atoms with van der Waals surface area (Å²) in [5.74, 6) is 1.78. The molecule has 1 saturated carbocycles. The molecule has 1 heterocycles. The summed E-state index contributed by atoms with van der Waals surface area (Å²) < 4.78 is 5.17. The molecule has 3 N–H and O–H groups in total. The number of nitrogens with zero attached hydrogens (tertiary/aromatic N) is 1. The smallest absolute Gasteiger partial charge is 0.321 e. The van der Waals surface area contributed by atoms with E-state index in [2.05, 4.69) is 5.32 Å². The van der Waals surface area contributed by atoms with Gasteiger partial charge in [0.05, 0.1) is 7.11 Å². The van der Waals surface area contributed by atoms with E-state index < -0.39 is 0 Å². The van der Waals surface area contributed by atoms with Crippen LogP contribution in [0.3, 0.4) is 0 Å². The summed E-state index contributed by atoms with van der Waals surface area (Å²) >= 11 is 0. The Morgan fingerprint density at radius 2 is 2.24 bits per heavy atom. The van der Waals surface area contributed by atoms with Crippen LogP contribution >= 0.6 is 0 Å². The van der Waals surface area contributed by atoms with E-state index in [1.165, 1.54) is 12.8 Å². The first-order chi connectivity index (χ1) is 10.2. The van der Waals surface area contributed by atoms with Crippen LogP contribution in [0.1, 0.15) is 19.3 Å². The number of methoxy groups -OCH3 is 1. The Morgan fingerprint density at radius 3 is 3.00 bits per heavy atom. The average molecular weight is 289 g/mol. The SMILES string of the molecule is COc1cccc(NC(=O)N2CC3CCCC(N)C3C2)c1. The lowest BCUT2D eigenvalue weighted by Gasteiger charge is -2.29. The normalized spacial score (nSPS) is 28.1. The number of ether oxygens (including phenoxy) is 1. The number of nitrogens with one attached hydrogen (secondary N) is 1. The van der Waals surface area contributed by atoms with Crippen LogP contribution in [0.4, 0.5) is 10.5 Å². The molecule has 0 spiro atoms. The van der Waals surface area contributed by atoms with Gasteiger partial charge in [0.25, 0.3) is 0 Å². The summed E-state index contributed by atoms with van der Waals surface area (Å²) in [5.41, 5.74) is 6.96. The molecule has 0 radical (unpaired) electrons. The predicted octanol–water partition coefficient (Wildman–Crippen LogP) is 2.29. The Balaban J connectivity index is 1.63. The van der Waals surface area contributed by atoms with Gasteiger partial charge in [-0.2, -0.15) is 0 Å². The molecular formula is C16H23N3O2. The van der Waals surface area contributed by atoms with Crippen molar-refractivity contribution < 1.29 is 9.53 Å². The topological polar surface area (TPSA) is 67.6 Å². The maximum atomic E-state index is 12.4. The lowest BCUT2D eigenvalue weighted by molar-refractivity contribution is 0.219. The molecule has 2 aliphatic rings. The Bertz CT molecular complexity index is 520. The molecule has 5 heteroatoms. The van der Waals surface area contributed by atoms with Crippen LogP contribution in [-0.2, 0) is 0 Å². The number of likely N-dealkylation sites (tertiary alicyclic amines) is 1. The number of nitrogens with two attached hydrogens (primary N) is 1. The summed E-state index contributed by atoms with van der Waals surface area (Å²) in [4.78, 5) is 14.3. The summed E-state index contributed by atoms with van der Waals surface area (Å²) in [7, 11) is 1.62. The second kappa shape index (κ2) is 5.93. The van der Waals surface area contributed by atoms with E-state index in [0.29, 0.717) is 11.8 Å². The predicted molar refractivity (Wildman–Crippen MR) is 82.4 cm³/mol. The van der Waals surface area contributed by atoms with Gasteiger partial charge in [0.1, 0.15) is 5.75 Å². The van der Waals surface area contributed by atoms with Crippen molar-refractivity contribution >= 4 is 11.7 Å². The lowest BCUT2D eigenvalue weighted by Crippen LogP contribution is -2.39. The Kier molecular flexibility index (Phi) is 4.01. The first-order valence-corrected chi connectivity index (χ1v) is 7.63. The molecule has 5 nitrogen and oxygen atoms in total. The zero-order chi connectivity index (χ0) is 14.8. The van der Waals surface area contributed by atoms with Gasteiger partial charge in [-0.3, -0.25) is 0 Å². The molecular weight excluding hydrogens is 266 g/mol. The number of fused-ring (bicyclic) bond motifs is 1. The average Bonchev–Trinajstić information content (AvgIpc) is 2.93. The van der Waals surface area contributed by atoms with Crippen molar-refractivity contribution in [2.45, 2.75) is 25.3 Å². The number of urea groups is 1. The van der Waals surface area contributed by atoms with Gasteiger partial charge in [-0.15, -0.1) is 0 Å². The number of carbonyl (C=O) groups excluding carboxylic acids is 1. The minimum Gasteiger partial charge on any atom is -0.497 e. The van der Waals surface area contributed by atoms with Crippen molar-refractivity contribution in [2.24, 2.45) is 17.6 Å². The van der Waals surface area contributed by atoms with E-state index in [0.717, 1.165) is 30.9 Å². The third kappa shape index (κ3) is 2.97. The number of rotatable bonds is 2. The van der Waals surface area contributed by atoms with E-state index >= 15 is 0 Å². The fourth-order valence-corrected chi connectivity index (χ4v) is 3.59. The van der Waals surface area contributed by atoms with Gasteiger partial charge in [0.15, 0.2) is 0 Å². The Hall–Kier alpha value is -1.75. The number of amides is 2. The standard InChI is InChI=1S/C16H23N3O2/c1-21-13-6-3-5-12(8-13)18-16(20)19-9-11-4-2-7-15(17)14(11)10-19/h3,5-6,8,11,14-15H,2,4,7,9-10,17H2,1H3,(H,18,20). The Morgan fingerprint density at radius 1 is 1.38 bits per heavy atom. The van der Waals surface area contributed by atoms with Gasteiger partial charge in [-0.1, -0.05) is 12.5 Å². The highest BCUT2D eigenvalue weighted by atomic mass is 16.5. The van der Waals surface area contributed by atoms with Crippen molar-refractivity contribution in [1.82, 2.24) is 4.90 Å². The van der Waals surface area contributed by atoms with Crippen LogP contribution in [-0.4, -0.2) is 37.2 Å². The van der Waals surface area contributed by atoms with E-state index in [1.54, 1.807) is 7.11 Å². The molecule has 1 aliphatic heterocycles. The van der Waals surface area contributed by atoms with Gasteiger partial charge in [-0.05, 0) is 36.8 Å². The highest BCUT2D eigenvalue weighted by molar-refractivity contribution is 5.89. The maximum Gasteiger partial charge on any atom is 0.321 e. The third-order valence-electron chi connectivity index (χ3n) is 4.76. The van der Waals surface area contributed by atoms with Crippen LogP contribution in [0.2, 0.25) is 0 Å². The van der Waals surface area contributed by atoms with Crippen LogP contribution in [0.15, 0.2) is 24.3 Å². The van der Waals surface area contributed by atoms with Gasteiger partial charge >= 0.3 is 6.03 Å². The van der Waals surface area contributed by atoms with Crippen molar-refractivity contribution in [3.63, 3.8) is 0 Å². The monoisotopic (exact) mass is 289 g/mol. The van der Waals surface area contributed by atoms with Crippen molar-refractivity contribution in [3.05, 3.63) is 24.3 Å². The molecule has 3 rings (SSSR count). The molecule has 21 heavy (non-hydrogen) atoms. The van der Waals surface area contributed by atoms with Gasteiger partial charge < -0.3 is 20.7 Å². The molecule has 2 amide bonds. The molecule has 3 atom stereocenters. The van der Waals surface area contributed by atoms with Crippen molar-refractivity contribution in [3.8, 4) is 5.75 Å². The molecule has 3 unspecified atom stereocenters. The second-order valence-electron chi connectivity index (χ2n) is 6.09. The minimum absolute atomic E-state index is 0.0372. The van der Waals surface area contributed by atoms with Crippen molar-refractivity contribution in [2.75, 3.05) is 25.5 Å². The van der Waals surface area contributed by atoms with E-state index in [1.807, 2.05) is 29.2 Å². The molecule has 0 bridgehead atoms. The van der Waals surface area contributed by atoms with Gasteiger partial charge in [0, 0.05) is 30.9 Å². The highest BCUT2D eigenvalue weighted by Gasteiger charge is 2.40. The van der Waals surface area contributed by atoms with Crippen LogP contribution in [0.5, 0.6) is 5.75 Å². The van der Waals surface area contributed by atoms with E-state index in [4.69, 9.17) is 10.5 Å². The van der Waals surface area contributed by atoms with Gasteiger partial charge in [0.2, 0.25) is 0 Å². The van der Waals surface area contributed by atoms with Gasteiger partial charge in [-0.25, -0.2) is 4.79 Å². The van der Waals surface area contributed by atoms with E-state index in [-0.39, 0.29) is 12.1 Å². The van der Waals surface area contributed by atoms with E-state index in [9.17, 15) is 4.79 Å². The molecule has 0 aromatic heterocycles. The highest BCUT2D eigenvalue weighted by Crippen LogP contribution is 2.35. The largest absolute Gasteiger partial charge is 0.497 e. The van der Waals surface area contributed by atoms with Crippen molar-refractivity contribution in [1.29, 1.82) is 0 Å². The number of hydrogen-bond acceptors (Lipinski definition) is 3. The fraction of sp³-hybridized carbons (Fsp3) is 0.562. The maximum absolute atomic E-state index is 12.4. The molecule has 1 aliphatic carbocycles. The molecule has 1 aromatic carbocycles. The number of benzene rings is 1. The molecule has 114 valence electrons. The molecule has 1 saturated heterocycles. The first kappa shape index (κ1) is 14.2. The summed E-state index contributed by atoms with van der Waals surface area (Å²) in [5, 5.41) is 2.95. The fourth-order valence-electron chi connectivity index (χ4n) is 3.59. The second-order valence-corrected chi connectivity index (χ2v) is 6.09. The summed E-state index contributed by atoms with van der Waals surface area (Å²) in [6.45, 7) is 1.61. The van der Waals surface area contributed by atoms with Crippen LogP contribution in [0.25, 0.3) is 0 Å². The zero-order valence-corrected chi connectivity index (χ0v) is 12.4. The van der Waals surface area contributed by atoms with Crippen LogP contribution in [0, 0.1) is 11.8 Å². The summed E-state index contributed by atoms with van der Waals surface area (Å²) in [6, 6.07) is 7.64.